The molecule has 17 heavy (non-hydrogen) atoms. The first-order valence-corrected chi connectivity index (χ1v) is 7.75. The molecule has 2 fully saturated rings. The third-order valence-corrected chi connectivity index (χ3v) is 5.27. The Kier molecular flexibility index (Phi) is 4.02. The first-order chi connectivity index (χ1) is 8.02. The summed E-state index contributed by atoms with van der Waals surface area (Å²) in [6.45, 7) is 2.99. The number of alkyl halides is 1. The molecule has 0 amide bonds. The molecule has 2 aliphatic rings. The molecule has 0 aromatic carbocycles. The third kappa shape index (κ3) is 3.15. The molecule has 2 atom stereocenters. The van der Waals surface area contributed by atoms with E-state index in [1.807, 2.05) is 9.80 Å². The van der Waals surface area contributed by atoms with Crippen molar-refractivity contribution in [3.8, 4) is 0 Å². The van der Waals surface area contributed by atoms with Crippen molar-refractivity contribution in [3.63, 3.8) is 0 Å². The topological polar surface area (TPSA) is 60.9 Å². The minimum atomic E-state index is -3.08. The number of hydrogen-bond donors (Lipinski definition) is 1. The Hall–Kier alpha value is -0.240. The predicted molar refractivity (Wildman–Crippen MR) is 62.4 cm³/mol. The molecular formula is C10H19FN2O3S. The van der Waals surface area contributed by atoms with Crippen molar-refractivity contribution in [3.05, 3.63) is 0 Å². The number of rotatable bonds is 3. The summed E-state index contributed by atoms with van der Waals surface area (Å²) >= 11 is 0. The number of sulfone groups is 1. The van der Waals surface area contributed by atoms with Gasteiger partial charge in [0, 0.05) is 32.7 Å². The van der Waals surface area contributed by atoms with Gasteiger partial charge >= 0.3 is 0 Å². The van der Waals surface area contributed by atoms with Crippen LogP contribution in [-0.2, 0) is 9.84 Å². The highest BCUT2D eigenvalue weighted by molar-refractivity contribution is 7.91. The van der Waals surface area contributed by atoms with E-state index in [2.05, 4.69) is 0 Å². The van der Waals surface area contributed by atoms with Gasteiger partial charge in [-0.15, -0.1) is 0 Å². The summed E-state index contributed by atoms with van der Waals surface area (Å²) in [7, 11) is -3.08. The number of piperazine rings is 1. The Labute approximate surface area is 101 Å². The average molecular weight is 266 g/mol. The summed E-state index contributed by atoms with van der Waals surface area (Å²) < 4.78 is 35.0. The molecule has 2 heterocycles. The van der Waals surface area contributed by atoms with E-state index in [1.165, 1.54) is 0 Å². The van der Waals surface area contributed by atoms with E-state index >= 15 is 0 Å². The van der Waals surface area contributed by atoms with Crippen molar-refractivity contribution in [2.24, 2.45) is 0 Å². The van der Waals surface area contributed by atoms with Crippen LogP contribution in [0.4, 0.5) is 4.39 Å². The van der Waals surface area contributed by atoms with Gasteiger partial charge in [0.05, 0.1) is 23.7 Å². The summed E-state index contributed by atoms with van der Waals surface area (Å²) in [6, 6.07) is -0.271. The normalized spacial score (nSPS) is 35.2. The lowest BCUT2D eigenvalue weighted by atomic mass is 10.1. The highest BCUT2D eigenvalue weighted by atomic mass is 32.2. The van der Waals surface area contributed by atoms with Crippen LogP contribution in [0.5, 0.6) is 0 Å². The highest BCUT2D eigenvalue weighted by Gasteiger charge is 2.40. The quantitative estimate of drug-likeness (QED) is 0.690. The minimum Gasteiger partial charge on any atom is -0.390 e. The van der Waals surface area contributed by atoms with Crippen LogP contribution >= 0.6 is 0 Å². The van der Waals surface area contributed by atoms with Crippen LogP contribution in [0, 0.1) is 0 Å². The van der Waals surface area contributed by atoms with E-state index in [9.17, 15) is 17.9 Å². The van der Waals surface area contributed by atoms with Gasteiger partial charge < -0.3 is 5.11 Å². The number of nitrogens with zero attached hydrogens (tertiary/aromatic N) is 2. The van der Waals surface area contributed by atoms with E-state index < -0.39 is 15.9 Å². The molecule has 0 bridgehead atoms. The van der Waals surface area contributed by atoms with Gasteiger partial charge in [0.15, 0.2) is 9.84 Å². The fraction of sp³-hybridized carbons (Fsp3) is 1.00. The number of aliphatic hydroxyl groups is 1. The van der Waals surface area contributed by atoms with Crippen molar-refractivity contribution in [2.45, 2.75) is 12.1 Å². The van der Waals surface area contributed by atoms with Crippen LogP contribution in [0.2, 0.25) is 0 Å². The Morgan fingerprint density at radius 3 is 2.29 bits per heavy atom. The van der Waals surface area contributed by atoms with E-state index in [-0.39, 0.29) is 24.2 Å². The molecule has 0 aromatic heterocycles. The largest absolute Gasteiger partial charge is 0.390 e. The Morgan fingerprint density at radius 2 is 1.82 bits per heavy atom. The van der Waals surface area contributed by atoms with E-state index in [1.54, 1.807) is 0 Å². The van der Waals surface area contributed by atoms with E-state index in [0.29, 0.717) is 19.6 Å². The Bertz CT molecular complexity index is 355. The second kappa shape index (κ2) is 5.17. The van der Waals surface area contributed by atoms with Crippen molar-refractivity contribution >= 4 is 9.84 Å². The summed E-state index contributed by atoms with van der Waals surface area (Å²) in [6.07, 6.45) is -0.771. The van der Waals surface area contributed by atoms with Crippen LogP contribution in [0.15, 0.2) is 0 Å². The van der Waals surface area contributed by atoms with E-state index in [0.717, 1.165) is 13.1 Å². The fourth-order valence-electron chi connectivity index (χ4n) is 2.60. The maximum Gasteiger partial charge on any atom is 0.154 e. The van der Waals surface area contributed by atoms with Crippen LogP contribution in [0.3, 0.4) is 0 Å². The molecule has 2 rings (SSSR count). The second-order valence-corrected chi connectivity index (χ2v) is 6.93. The first kappa shape index (κ1) is 13.2. The van der Waals surface area contributed by atoms with Crippen molar-refractivity contribution in [1.82, 2.24) is 9.80 Å². The highest BCUT2D eigenvalue weighted by Crippen LogP contribution is 2.19. The van der Waals surface area contributed by atoms with Crippen molar-refractivity contribution < 1.29 is 17.9 Å². The van der Waals surface area contributed by atoms with Crippen LogP contribution in [0.1, 0.15) is 0 Å². The minimum absolute atomic E-state index is 0.0529. The molecule has 2 saturated heterocycles. The van der Waals surface area contributed by atoms with E-state index in [4.69, 9.17) is 0 Å². The molecule has 0 aliphatic carbocycles. The molecule has 100 valence electrons. The maximum atomic E-state index is 12.2. The van der Waals surface area contributed by atoms with Gasteiger partial charge in [0.2, 0.25) is 0 Å². The Morgan fingerprint density at radius 1 is 1.18 bits per heavy atom. The molecule has 0 unspecified atom stereocenters. The van der Waals surface area contributed by atoms with Gasteiger partial charge in [0.1, 0.15) is 6.67 Å². The monoisotopic (exact) mass is 266 g/mol. The summed E-state index contributed by atoms with van der Waals surface area (Å²) in [4.78, 5) is 4.04. The Balaban J connectivity index is 1.89. The van der Waals surface area contributed by atoms with Gasteiger partial charge in [-0.2, -0.15) is 0 Å². The van der Waals surface area contributed by atoms with Crippen molar-refractivity contribution in [2.75, 3.05) is 50.9 Å². The smallest absolute Gasteiger partial charge is 0.154 e. The van der Waals surface area contributed by atoms with Crippen LogP contribution in [-0.4, -0.2) is 86.4 Å². The zero-order valence-corrected chi connectivity index (χ0v) is 10.6. The molecule has 0 aromatic rings. The van der Waals surface area contributed by atoms with Gasteiger partial charge in [-0.3, -0.25) is 9.80 Å². The zero-order chi connectivity index (χ0) is 12.5. The molecule has 1 N–H and O–H groups in total. The predicted octanol–water partition coefficient (Wildman–Crippen LogP) is -1.27. The molecule has 5 nitrogen and oxygen atoms in total. The number of hydrogen-bond acceptors (Lipinski definition) is 5. The standard InChI is InChI=1S/C10H19FN2O3S/c11-1-2-12-3-5-13(6-4-12)9-7-17(15,16)8-10(9)14/h9-10,14H,1-8H2/t9-,10-/m1/s1. The lowest BCUT2D eigenvalue weighted by Crippen LogP contribution is -2.53. The van der Waals surface area contributed by atoms with Gasteiger partial charge in [-0.25, -0.2) is 12.8 Å². The van der Waals surface area contributed by atoms with Crippen molar-refractivity contribution in [1.29, 1.82) is 0 Å². The summed E-state index contributed by atoms with van der Waals surface area (Å²) in [5, 5.41) is 9.75. The number of halogens is 1. The van der Waals surface area contributed by atoms with Gasteiger partial charge in [-0.1, -0.05) is 0 Å². The molecule has 0 spiro atoms. The van der Waals surface area contributed by atoms with Gasteiger partial charge in [-0.05, 0) is 0 Å². The summed E-state index contributed by atoms with van der Waals surface area (Å²) in [5.74, 6) is -0.0698. The maximum absolute atomic E-state index is 12.2. The number of aliphatic hydroxyl groups excluding tert-OH is 1. The molecule has 0 saturated carbocycles. The van der Waals surface area contributed by atoms with Crippen LogP contribution < -0.4 is 0 Å². The van der Waals surface area contributed by atoms with Gasteiger partial charge in [0.25, 0.3) is 0 Å². The lowest BCUT2D eigenvalue weighted by Gasteiger charge is -2.38. The second-order valence-electron chi connectivity index (χ2n) is 4.78. The summed E-state index contributed by atoms with van der Waals surface area (Å²) in [5.41, 5.74) is 0. The SMILES string of the molecule is O=S1(=O)C[C@@H](O)[C@H](N2CCN(CCF)CC2)C1. The molecule has 0 radical (unpaired) electrons. The molecule has 7 heteroatoms. The molecular weight excluding hydrogens is 247 g/mol. The van der Waals surface area contributed by atoms with Crippen LogP contribution in [0.25, 0.3) is 0 Å². The fourth-order valence-corrected chi connectivity index (χ4v) is 4.43. The average Bonchev–Trinajstić information content (AvgIpc) is 2.54. The zero-order valence-electron chi connectivity index (χ0n) is 9.76. The molecule has 2 aliphatic heterocycles. The lowest BCUT2D eigenvalue weighted by molar-refractivity contribution is 0.0430. The third-order valence-electron chi connectivity index (χ3n) is 3.57. The first-order valence-electron chi connectivity index (χ1n) is 5.93.